The Hall–Kier alpha value is -2.09. The number of amides is 1. The molecule has 3 atom stereocenters. The van der Waals surface area contributed by atoms with Gasteiger partial charge in [0, 0.05) is 25.6 Å². The number of halogens is 1. The smallest absolute Gasteiger partial charge is 0.231 e. The molecule has 7 heteroatoms. The first kappa shape index (κ1) is 19.2. The van der Waals surface area contributed by atoms with E-state index in [1.807, 2.05) is 30.3 Å². The normalized spacial score (nSPS) is 24.7. The Kier molecular flexibility index (Phi) is 5.07. The van der Waals surface area contributed by atoms with Crippen molar-refractivity contribution in [1.29, 1.82) is 0 Å². The lowest BCUT2D eigenvalue weighted by Crippen LogP contribution is -2.41. The molecule has 0 aromatic heterocycles. The van der Waals surface area contributed by atoms with Crippen LogP contribution in [0.3, 0.4) is 0 Å². The van der Waals surface area contributed by atoms with E-state index in [0.29, 0.717) is 19.3 Å². The van der Waals surface area contributed by atoms with Gasteiger partial charge in [0.25, 0.3) is 0 Å². The third-order valence-corrected chi connectivity index (χ3v) is 7.98. The van der Waals surface area contributed by atoms with Crippen molar-refractivity contribution in [2.24, 2.45) is 5.92 Å². The molecular formula is C21H23FN2O3S. The molecule has 2 aromatic carbocycles. The second-order valence-corrected chi connectivity index (χ2v) is 9.71. The van der Waals surface area contributed by atoms with E-state index < -0.39 is 22.4 Å². The number of para-hydroxylation sites is 1. The van der Waals surface area contributed by atoms with Crippen molar-refractivity contribution in [3.63, 3.8) is 0 Å². The van der Waals surface area contributed by atoms with Gasteiger partial charge in [0.15, 0.2) is 0 Å². The first-order valence-electron chi connectivity index (χ1n) is 9.46. The fourth-order valence-corrected chi connectivity index (χ4v) is 5.93. The van der Waals surface area contributed by atoms with E-state index in [1.165, 1.54) is 16.4 Å². The highest BCUT2D eigenvalue weighted by molar-refractivity contribution is 7.96. The Morgan fingerprint density at radius 1 is 1.14 bits per heavy atom. The van der Waals surface area contributed by atoms with Crippen molar-refractivity contribution in [3.8, 4) is 0 Å². The molecule has 2 fully saturated rings. The summed E-state index contributed by atoms with van der Waals surface area (Å²) in [5.74, 6) is -0.907. The maximum absolute atomic E-state index is 13.3. The van der Waals surface area contributed by atoms with Gasteiger partial charge in [-0.1, -0.05) is 34.5 Å². The zero-order chi connectivity index (χ0) is 19.9. The third-order valence-electron chi connectivity index (χ3n) is 5.61. The van der Waals surface area contributed by atoms with E-state index in [2.05, 4.69) is 0 Å². The minimum absolute atomic E-state index is 0.105. The predicted octanol–water partition coefficient (Wildman–Crippen LogP) is 3.56. The Labute approximate surface area is 165 Å². The quantitative estimate of drug-likeness (QED) is 0.719. The molecule has 1 saturated carbocycles. The highest BCUT2D eigenvalue weighted by Crippen LogP contribution is 2.45. The Bertz CT molecular complexity index is 902. The van der Waals surface area contributed by atoms with Gasteiger partial charge < -0.3 is 9.45 Å². The summed E-state index contributed by atoms with van der Waals surface area (Å²) < 4.78 is 40.8. The molecule has 4 rings (SSSR count). The molecule has 2 aromatic rings. The number of nitrogens with zero attached hydrogens (tertiary/aromatic N) is 2. The summed E-state index contributed by atoms with van der Waals surface area (Å²) in [6.07, 6.45) is 1.72. The monoisotopic (exact) mass is 402 g/mol. The number of anilines is 1. The van der Waals surface area contributed by atoms with Crippen LogP contribution in [-0.4, -0.2) is 33.6 Å². The van der Waals surface area contributed by atoms with Crippen molar-refractivity contribution in [3.05, 3.63) is 66.0 Å². The maximum Gasteiger partial charge on any atom is 0.231 e. The van der Waals surface area contributed by atoms with E-state index in [0.717, 1.165) is 11.3 Å². The zero-order valence-corrected chi connectivity index (χ0v) is 16.5. The molecule has 0 N–H and O–H groups in total. The Morgan fingerprint density at radius 3 is 2.39 bits per heavy atom. The summed E-state index contributed by atoms with van der Waals surface area (Å²) >= 11 is 0. The standard InChI is InChI=1S/C21H23FN2O3S/c1-23(18-5-3-2-4-6-18)21(25)16-13-20(15-7-9-17(22)10-8-15)24(14-16)28(26,27)19-11-12-19/h2-10,16,19-20H,11-14H2,1H3/t16-,20-/m1/s1. The second kappa shape index (κ2) is 7.39. The van der Waals surface area contributed by atoms with Gasteiger partial charge in [-0.2, -0.15) is 0 Å². The van der Waals surface area contributed by atoms with Crippen LogP contribution in [0.5, 0.6) is 0 Å². The predicted molar refractivity (Wildman–Crippen MR) is 106 cm³/mol. The summed E-state index contributed by atoms with van der Waals surface area (Å²) in [6, 6.07) is 14.8. The van der Waals surface area contributed by atoms with Crippen LogP contribution in [0.1, 0.15) is 30.9 Å². The summed E-state index contributed by atoms with van der Waals surface area (Å²) in [7, 11) is -1.75. The number of sulfonamides is 1. The molecule has 1 aliphatic carbocycles. The molecular weight excluding hydrogens is 379 g/mol. The molecule has 0 radical (unpaired) electrons. The minimum Gasteiger partial charge on any atom is -0.597 e. The van der Waals surface area contributed by atoms with E-state index in [1.54, 1.807) is 24.1 Å². The van der Waals surface area contributed by atoms with Gasteiger partial charge in [-0.15, -0.1) is 4.31 Å². The number of hydrogen-bond acceptors (Lipinski definition) is 3. The van der Waals surface area contributed by atoms with E-state index in [4.69, 9.17) is 0 Å². The molecule has 28 heavy (non-hydrogen) atoms. The van der Waals surface area contributed by atoms with Crippen LogP contribution in [0.15, 0.2) is 54.6 Å². The topological polar surface area (TPSA) is 63.7 Å². The largest absolute Gasteiger partial charge is 0.597 e. The van der Waals surface area contributed by atoms with Crippen molar-refractivity contribution in [2.45, 2.75) is 30.6 Å². The lowest BCUT2D eigenvalue weighted by Gasteiger charge is -2.29. The number of benzene rings is 2. The molecule has 2 aliphatic rings. The molecule has 5 nitrogen and oxygen atoms in total. The number of carbonyl (C=O) groups excluding carboxylic acids is 1. The van der Waals surface area contributed by atoms with Gasteiger partial charge in [-0.05, 0) is 36.2 Å². The van der Waals surface area contributed by atoms with E-state index >= 15 is 0 Å². The second-order valence-electron chi connectivity index (χ2n) is 7.55. The first-order chi connectivity index (χ1) is 13.4. The molecule has 1 saturated heterocycles. The van der Waals surface area contributed by atoms with Crippen LogP contribution in [0.4, 0.5) is 10.1 Å². The maximum atomic E-state index is 13.3. The van der Waals surface area contributed by atoms with Crippen LogP contribution in [0.2, 0.25) is 0 Å². The molecule has 148 valence electrons. The number of rotatable bonds is 5. The summed E-state index contributed by atoms with van der Waals surface area (Å²) in [4.78, 5) is 14.7. The summed E-state index contributed by atoms with van der Waals surface area (Å²) in [6.45, 7) is 0.164. The van der Waals surface area contributed by atoms with E-state index in [9.17, 15) is 17.9 Å². The lowest BCUT2D eigenvalue weighted by molar-refractivity contribution is -0.121. The van der Waals surface area contributed by atoms with Crippen LogP contribution in [-0.2, 0) is 19.4 Å². The van der Waals surface area contributed by atoms with Crippen LogP contribution in [0, 0.1) is 11.7 Å². The van der Waals surface area contributed by atoms with Gasteiger partial charge in [0.2, 0.25) is 5.91 Å². The van der Waals surface area contributed by atoms with Gasteiger partial charge in [0.1, 0.15) is 21.5 Å². The Morgan fingerprint density at radius 2 is 1.79 bits per heavy atom. The number of carbonyl (C=O) groups is 1. The van der Waals surface area contributed by atoms with Crippen molar-refractivity contribution >= 4 is 22.0 Å². The summed E-state index contributed by atoms with van der Waals surface area (Å²) in [5.41, 5.74) is 1.50. The number of hydrogen-bond donors (Lipinski definition) is 0. The molecule has 1 aliphatic heterocycles. The molecule has 1 amide bonds. The average molecular weight is 402 g/mol. The highest BCUT2D eigenvalue weighted by atomic mass is 32.3. The molecule has 0 spiro atoms. The third kappa shape index (κ3) is 3.62. The fourth-order valence-electron chi connectivity index (χ4n) is 3.86. The van der Waals surface area contributed by atoms with Gasteiger partial charge in [-0.3, -0.25) is 4.79 Å². The zero-order valence-electron chi connectivity index (χ0n) is 15.7. The van der Waals surface area contributed by atoms with Crippen molar-refractivity contribution in [2.75, 3.05) is 18.5 Å². The van der Waals surface area contributed by atoms with Crippen LogP contribution in [0.25, 0.3) is 0 Å². The van der Waals surface area contributed by atoms with Crippen molar-refractivity contribution in [1.82, 2.24) is 4.31 Å². The SMILES string of the molecule is CN(C(=O)[C@@H]1C[C@H](c2ccc(F)cc2)N([S+](=O)([O-])C2CC2)C1)c1ccccc1. The first-order valence-corrected chi connectivity index (χ1v) is 11.0. The molecule has 1 unspecified atom stereocenters. The van der Waals surface area contributed by atoms with E-state index in [-0.39, 0.29) is 23.5 Å². The molecule has 0 bridgehead atoms. The van der Waals surface area contributed by atoms with Gasteiger partial charge in [-0.25, -0.2) is 4.39 Å². The summed E-state index contributed by atoms with van der Waals surface area (Å²) in [5, 5.41) is -0.351. The van der Waals surface area contributed by atoms with Crippen molar-refractivity contribution < 1.29 is 17.9 Å². The lowest BCUT2D eigenvalue weighted by atomic mass is 9.99. The molecule has 1 heterocycles. The van der Waals surface area contributed by atoms with Crippen LogP contribution >= 0.6 is 0 Å². The van der Waals surface area contributed by atoms with Gasteiger partial charge in [0.05, 0.1) is 18.5 Å². The Balaban J connectivity index is 1.61. The van der Waals surface area contributed by atoms with Gasteiger partial charge >= 0.3 is 0 Å². The highest BCUT2D eigenvalue weighted by Gasteiger charge is 2.53. The minimum atomic E-state index is -3.46. The fraction of sp³-hybridized carbons (Fsp3) is 0.381. The average Bonchev–Trinajstić information content (AvgIpc) is 3.47. The van der Waals surface area contributed by atoms with Crippen LogP contribution < -0.4 is 4.90 Å².